The van der Waals surface area contributed by atoms with Gasteiger partial charge in [0.15, 0.2) is 0 Å². The fraction of sp³-hybridized carbons (Fsp3) is 0.0769. The highest BCUT2D eigenvalue weighted by Gasteiger charge is 2.04. The summed E-state index contributed by atoms with van der Waals surface area (Å²) in [5.74, 6) is 0.149. The second-order valence-electron chi connectivity index (χ2n) is 3.76. The molecule has 0 atom stereocenters. The van der Waals surface area contributed by atoms with E-state index in [-0.39, 0.29) is 5.82 Å². The lowest BCUT2D eigenvalue weighted by Crippen LogP contribution is -2.04. The molecule has 0 amide bonds. The molecule has 0 aliphatic heterocycles. The van der Waals surface area contributed by atoms with Gasteiger partial charge in [-0.15, -0.1) is 0 Å². The Balaban J connectivity index is 2.14. The number of pyridine rings is 1. The second kappa shape index (κ2) is 5.15. The van der Waals surface area contributed by atoms with Crippen LogP contribution in [0.1, 0.15) is 11.1 Å². The lowest BCUT2D eigenvalue weighted by molar-refractivity contribution is 0.626. The first-order valence-electron chi connectivity index (χ1n) is 5.33. The van der Waals surface area contributed by atoms with Crippen molar-refractivity contribution in [1.82, 2.24) is 4.98 Å². The minimum absolute atomic E-state index is 0.292. The van der Waals surface area contributed by atoms with Crippen LogP contribution in [0, 0.1) is 17.1 Å². The molecular formula is C13H11FN4. The Morgan fingerprint density at radius 1 is 1.39 bits per heavy atom. The lowest BCUT2D eigenvalue weighted by atomic mass is 10.2. The third-order valence-electron chi connectivity index (χ3n) is 2.38. The van der Waals surface area contributed by atoms with Crippen LogP contribution in [0.25, 0.3) is 0 Å². The average molecular weight is 242 g/mol. The fourth-order valence-corrected chi connectivity index (χ4v) is 1.54. The highest BCUT2D eigenvalue weighted by Crippen LogP contribution is 2.15. The molecule has 0 fully saturated rings. The number of halogens is 1. The molecule has 4 nitrogen and oxygen atoms in total. The zero-order chi connectivity index (χ0) is 13.0. The van der Waals surface area contributed by atoms with Crippen molar-refractivity contribution in [2.75, 3.05) is 11.1 Å². The van der Waals surface area contributed by atoms with Gasteiger partial charge >= 0.3 is 0 Å². The minimum Gasteiger partial charge on any atom is -0.397 e. The van der Waals surface area contributed by atoms with Gasteiger partial charge in [-0.3, -0.25) is 0 Å². The van der Waals surface area contributed by atoms with E-state index in [4.69, 9.17) is 11.0 Å². The summed E-state index contributed by atoms with van der Waals surface area (Å²) in [4.78, 5) is 4.03. The number of aromatic nitrogens is 1. The molecule has 0 spiro atoms. The third-order valence-corrected chi connectivity index (χ3v) is 2.38. The SMILES string of the molecule is N#Cc1cc(N)cnc1NCc1cccc(F)c1. The normalized spacial score (nSPS) is 9.78. The van der Waals surface area contributed by atoms with E-state index in [1.807, 2.05) is 6.07 Å². The molecule has 0 aliphatic carbocycles. The van der Waals surface area contributed by atoms with Gasteiger partial charge in [0.2, 0.25) is 0 Å². The number of nitrogens with zero attached hydrogens (tertiary/aromatic N) is 2. The van der Waals surface area contributed by atoms with E-state index >= 15 is 0 Å². The summed E-state index contributed by atoms with van der Waals surface area (Å²) in [5, 5.41) is 11.9. The molecule has 0 saturated carbocycles. The Kier molecular flexibility index (Phi) is 3.39. The quantitative estimate of drug-likeness (QED) is 0.865. The van der Waals surface area contributed by atoms with Crippen molar-refractivity contribution in [3.05, 3.63) is 53.5 Å². The van der Waals surface area contributed by atoms with Gasteiger partial charge in [0.05, 0.1) is 17.4 Å². The summed E-state index contributed by atoms with van der Waals surface area (Å²) in [6.07, 6.45) is 1.47. The number of nitriles is 1. The monoisotopic (exact) mass is 242 g/mol. The van der Waals surface area contributed by atoms with Gasteiger partial charge in [-0.2, -0.15) is 5.26 Å². The number of nitrogen functional groups attached to an aromatic ring is 1. The van der Waals surface area contributed by atoms with E-state index in [1.54, 1.807) is 18.2 Å². The van der Waals surface area contributed by atoms with Crippen LogP contribution in [0.2, 0.25) is 0 Å². The molecule has 1 aromatic carbocycles. The predicted molar refractivity (Wildman–Crippen MR) is 67.1 cm³/mol. The Morgan fingerprint density at radius 2 is 2.22 bits per heavy atom. The van der Waals surface area contributed by atoms with Crippen LogP contribution in [-0.2, 0) is 6.54 Å². The van der Waals surface area contributed by atoms with Gasteiger partial charge in [0, 0.05) is 6.54 Å². The largest absolute Gasteiger partial charge is 0.397 e. The number of hydrogen-bond donors (Lipinski definition) is 2. The Hall–Kier alpha value is -2.61. The molecule has 1 aromatic heterocycles. The molecule has 2 aromatic rings. The van der Waals surface area contributed by atoms with Crippen LogP contribution >= 0.6 is 0 Å². The van der Waals surface area contributed by atoms with Crippen molar-refractivity contribution in [2.45, 2.75) is 6.54 Å². The number of nitrogens with two attached hydrogens (primary N) is 1. The number of nitrogens with one attached hydrogen (secondary N) is 1. The Labute approximate surface area is 104 Å². The maximum Gasteiger partial charge on any atom is 0.144 e. The first-order chi connectivity index (χ1) is 8.69. The molecule has 0 radical (unpaired) electrons. The summed E-state index contributed by atoms with van der Waals surface area (Å²) >= 11 is 0. The number of benzene rings is 1. The van der Waals surface area contributed by atoms with Crippen LogP contribution in [0.5, 0.6) is 0 Å². The molecule has 0 bridgehead atoms. The highest BCUT2D eigenvalue weighted by molar-refractivity contribution is 5.57. The first kappa shape index (κ1) is 11.9. The molecule has 3 N–H and O–H groups in total. The predicted octanol–water partition coefficient (Wildman–Crippen LogP) is 2.29. The highest BCUT2D eigenvalue weighted by atomic mass is 19.1. The van der Waals surface area contributed by atoms with Crippen molar-refractivity contribution < 1.29 is 4.39 Å². The van der Waals surface area contributed by atoms with Crippen LogP contribution in [0.15, 0.2) is 36.5 Å². The van der Waals surface area contributed by atoms with Crippen molar-refractivity contribution in [3.8, 4) is 6.07 Å². The molecule has 90 valence electrons. The second-order valence-corrected chi connectivity index (χ2v) is 3.76. The molecule has 0 saturated heterocycles. The van der Waals surface area contributed by atoms with E-state index in [9.17, 15) is 4.39 Å². The number of hydrogen-bond acceptors (Lipinski definition) is 4. The molecule has 0 aliphatic rings. The Bertz CT molecular complexity index is 604. The van der Waals surface area contributed by atoms with Gasteiger partial charge in [-0.25, -0.2) is 9.37 Å². The maximum atomic E-state index is 13.0. The van der Waals surface area contributed by atoms with Crippen LogP contribution in [0.4, 0.5) is 15.9 Å². The van der Waals surface area contributed by atoms with Crippen LogP contribution < -0.4 is 11.1 Å². The van der Waals surface area contributed by atoms with Crippen LogP contribution in [-0.4, -0.2) is 4.98 Å². The summed E-state index contributed by atoms with van der Waals surface area (Å²) < 4.78 is 13.0. The van der Waals surface area contributed by atoms with E-state index in [0.717, 1.165) is 5.56 Å². The Morgan fingerprint density at radius 3 is 2.94 bits per heavy atom. The van der Waals surface area contributed by atoms with E-state index in [1.165, 1.54) is 18.3 Å². The van der Waals surface area contributed by atoms with Crippen molar-refractivity contribution in [2.24, 2.45) is 0 Å². The van der Waals surface area contributed by atoms with Crippen molar-refractivity contribution in [1.29, 1.82) is 5.26 Å². The van der Waals surface area contributed by atoms with Gasteiger partial charge < -0.3 is 11.1 Å². The smallest absolute Gasteiger partial charge is 0.144 e. The minimum atomic E-state index is -0.292. The lowest BCUT2D eigenvalue weighted by Gasteiger charge is -2.07. The molecule has 0 unspecified atom stereocenters. The number of anilines is 2. The molecule has 18 heavy (non-hydrogen) atoms. The van der Waals surface area contributed by atoms with Gasteiger partial charge in [0.1, 0.15) is 17.7 Å². The zero-order valence-corrected chi connectivity index (χ0v) is 9.52. The maximum absolute atomic E-state index is 13.0. The van der Waals surface area contributed by atoms with Gasteiger partial charge in [0.25, 0.3) is 0 Å². The van der Waals surface area contributed by atoms with Gasteiger partial charge in [-0.05, 0) is 23.8 Å². The molecule has 2 rings (SSSR count). The van der Waals surface area contributed by atoms with Gasteiger partial charge in [-0.1, -0.05) is 12.1 Å². The average Bonchev–Trinajstić information content (AvgIpc) is 2.37. The molecule has 1 heterocycles. The summed E-state index contributed by atoms with van der Waals surface area (Å²) in [6.45, 7) is 0.392. The molecular weight excluding hydrogens is 231 g/mol. The fourth-order valence-electron chi connectivity index (χ4n) is 1.54. The third kappa shape index (κ3) is 2.74. The topological polar surface area (TPSA) is 74.7 Å². The van der Waals surface area contributed by atoms with Crippen LogP contribution in [0.3, 0.4) is 0 Å². The van der Waals surface area contributed by atoms with Crippen molar-refractivity contribution in [3.63, 3.8) is 0 Å². The summed E-state index contributed by atoms with van der Waals surface area (Å²) in [5.41, 5.74) is 7.11. The molecule has 5 heteroatoms. The van der Waals surface area contributed by atoms with Crippen molar-refractivity contribution >= 4 is 11.5 Å². The standard InChI is InChI=1S/C13H11FN4/c14-11-3-1-2-9(4-11)7-17-13-10(6-15)5-12(16)8-18-13/h1-5,8H,7,16H2,(H,17,18). The first-order valence-corrected chi connectivity index (χ1v) is 5.33. The zero-order valence-electron chi connectivity index (χ0n) is 9.52. The summed E-state index contributed by atoms with van der Waals surface area (Å²) in [6, 6.07) is 9.78. The number of rotatable bonds is 3. The summed E-state index contributed by atoms with van der Waals surface area (Å²) in [7, 11) is 0. The van der Waals surface area contributed by atoms with E-state index in [0.29, 0.717) is 23.6 Å². The van der Waals surface area contributed by atoms with E-state index in [2.05, 4.69) is 10.3 Å². The van der Waals surface area contributed by atoms with E-state index < -0.39 is 0 Å².